The maximum atomic E-state index is 12.5. The fourth-order valence-corrected chi connectivity index (χ4v) is 7.77. The van der Waals surface area contributed by atoms with E-state index in [2.05, 4.69) is 62.3 Å². The summed E-state index contributed by atoms with van der Waals surface area (Å²) in [5, 5.41) is 10.2. The number of ether oxygens (including phenoxy) is 6. The Morgan fingerprint density at radius 3 is 1.00 bits per heavy atom. The largest absolute Gasteiger partial charge is 0.494 e. The van der Waals surface area contributed by atoms with Crippen LogP contribution in [-0.4, -0.2) is 30.9 Å². The van der Waals surface area contributed by atoms with Gasteiger partial charge < -0.3 is 33.5 Å². The highest BCUT2D eigenvalue weighted by atomic mass is 16.5. The first-order chi connectivity index (χ1) is 31.7. The number of hydrogen-bond acceptors (Lipinski definition) is 7. The van der Waals surface area contributed by atoms with Gasteiger partial charge in [0, 0.05) is 0 Å². The van der Waals surface area contributed by atoms with Gasteiger partial charge >= 0.3 is 5.97 Å². The van der Waals surface area contributed by atoms with Gasteiger partial charge in [0.2, 0.25) is 5.75 Å². The zero-order chi connectivity index (χ0) is 47.7. The zero-order valence-corrected chi connectivity index (χ0v) is 42.1. The van der Waals surface area contributed by atoms with E-state index in [1.54, 1.807) is 0 Å². The summed E-state index contributed by atoms with van der Waals surface area (Å²) < 4.78 is 37.5. The lowest BCUT2D eigenvalue weighted by Gasteiger charge is -2.19. The number of carboxylic acids is 1. The molecule has 4 aromatic carbocycles. The molecule has 3 atom stereocenters. The molecule has 0 aliphatic carbocycles. The van der Waals surface area contributed by atoms with Crippen molar-refractivity contribution in [1.29, 1.82) is 0 Å². The highest BCUT2D eigenvalue weighted by molar-refractivity contribution is 5.89. The number of hydrogen-bond donors (Lipinski definition) is 1. The summed E-state index contributed by atoms with van der Waals surface area (Å²) in [6, 6.07) is 26.6. The van der Waals surface area contributed by atoms with Crippen LogP contribution < -0.4 is 28.4 Å². The molecule has 8 heteroatoms. The molecule has 4 rings (SSSR count). The van der Waals surface area contributed by atoms with Crippen molar-refractivity contribution >= 4 is 5.97 Å². The van der Waals surface area contributed by atoms with Gasteiger partial charge in [-0.15, -0.1) is 0 Å². The van der Waals surface area contributed by atoms with Gasteiger partial charge in [-0.05, 0) is 120 Å². The summed E-state index contributed by atoms with van der Waals surface area (Å²) in [5.41, 5.74) is 2.76. The highest BCUT2D eigenvalue weighted by Crippen LogP contribution is 2.41. The van der Waals surface area contributed by atoms with Crippen LogP contribution in [0.25, 0.3) is 0 Å². The SMILES string of the molecule is CC(C)CCC[C@@H](C)CCOc1ccc(COc2cc(C(=O)O)cc(OCc3ccc(OCC[C@H](C)CCCC(C)C)cc3)c2OCc2ccc(OCC[C@H](C)CCCC(C)C)cc2)cc1. The lowest BCUT2D eigenvalue weighted by atomic mass is 9.98. The Balaban J connectivity index is 1.43. The second-order valence-corrected chi connectivity index (χ2v) is 20.1. The molecule has 0 bridgehead atoms. The Bertz CT molecular complexity index is 1820. The summed E-state index contributed by atoms with van der Waals surface area (Å²) >= 11 is 0. The van der Waals surface area contributed by atoms with E-state index in [0.29, 0.717) is 43.3 Å². The number of carbonyl (C=O) groups is 1. The summed E-state index contributed by atoms with van der Waals surface area (Å²) in [5.74, 6) is 6.33. The fraction of sp³-hybridized carbons (Fsp3) is 0.569. The van der Waals surface area contributed by atoms with Gasteiger partial charge in [-0.25, -0.2) is 4.79 Å². The van der Waals surface area contributed by atoms with E-state index in [1.165, 1.54) is 69.9 Å². The monoisotopic (exact) mass is 909 g/mol. The molecular weight excluding hydrogens is 825 g/mol. The third-order valence-corrected chi connectivity index (χ3v) is 12.3. The predicted molar refractivity (Wildman–Crippen MR) is 270 cm³/mol. The minimum atomic E-state index is -1.09. The van der Waals surface area contributed by atoms with Crippen LogP contribution in [0.15, 0.2) is 84.9 Å². The molecule has 0 spiro atoms. The normalized spacial score (nSPS) is 12.8. The molecule has 0 radical (unpaired) electrons. The molecule has 0 saturated carbocycles. The Morgan fingerprint density at radius 2 is 0.712 bits per heavy atom. The van der Waals surface area contributed by atoms with E-state index >= 15 is 0 Å². The number of rotatable bonds is 34. The molecule has 8 nitrogen and oxygen atoms in total. The topological polar surface area (TPSA) is 92.7 Å². The second-order valence-electron chi connectivity index (χ2n) is 20.1. The van der Waals surface area contributed by atoms with Crippen LogP contribution in [0.5, 0.6) is 34.5 Å². The molecular formula is C58H84O8. The van der Waals surface area contributed by atoms with Crippen LogP contribution in [-0.2, 0) is 19.8 Å². The third-order valence-electron chi connectivity index (χ3n) is 12.3. The number of aromatic carboxylic acids is 1. The maximum absolute atomic E-state index is 12.5. The molecule has 0 amide bonds. The summed E-state index contributed by atoms with van der Waals surface area (Å²) in [7, 11) is 0. The van der Waals surface area contributed by atoms with Gasteiger partial charge in [-0.1, -0.05) is 156 Å². The molecule has 0 unspecified atom stereocenters. The van der Waals surface area contributed by atoms with Crippen LogP contribution in [0.4, 0.5) is 0 Å². The molecule has 0 heterocycles. The van der Waals surface area contributed by atoms with Crippen LogP contribution in [0.3, 0.4) is 0 Å². The van der Waals surface area contributed by atoms with Gasteiger partial charge in [-0.3, -0.25) is 0 Å². The van der Waals surface area contributed by atoms with Crippen molar-refractivity contribution in [1.82, 2.24) is 0 Å². The molecule has 0 aliphatic rings. The zero-order valence-electron chi connectivity index (χ0n) is 42.1. The molecule has 0 aliphatic heterocycles. The van der Waals surface area contributed by atoms with Crippen molar-refractivity contribution in [2.45, 2.75) is 159 Å². The quantitative estimate of drug-likeness (QED) is 0.0495. The Kier molecular flexibility index (Phi) is 24.2. The summed E-state index contributed by atoms with van der Waals surface area (Å²) in [4.78, 5) is 12.5. The van der Waals surface area contributed by atoms with E-state index in [0.717, 1.165) is 71.0 Å². The van der Waals surface area contributed by atoms with Crippen molar-refractivity contribution in [3.63, 3.8) is 0 Å². The van der Waals surface area contributed by atoms with E-state index in [4.69, 9.17) is 28.4 Å². The van der Waals surface area contributed by atoms with Crippen molar-refractivity contribution in [3.05, 3.63) is 107 Å². The van der Waals surface area contributed by atoms with E-state index in [-0.39, 0.29) is 36.9 Å². The summed E-state index contributed by atoms with van der Waals surface area (Å²) in [6.07, 6.45) is 14.3. The van der Waals surface area contributed by atoms with Gasteiger partial charge in [-0.2, -0.15) is 0 Å². The van der Waals surface area contributed by atoms with E-state index < -0.39 is 5.97 Å². The Morgan fingerprint density at radius 1 is 0.409 bits per heavy atom. The van der Waals surface area contributed by atoms with Crippen molar-refractivity contribution in [3.8, 4) is 34.5 Å². The Hall–Kier alpha value is -4.85. The highest BCUT2D eigenvalue weighted by Gasteiger charge is 2.20. The molecule has 364 valence electrons. The Labute approximate surface area is 399 Å². The number of carboxylic acid groups (broad SMARTS) is 1. The van der Waals surface area contributed by atoms with Crippen LogP contribution in [0, 0.1) is 35.5 Å². The van der Waals surface area contributed by atoms with Crippen LogP contribution >= 0.6 is 0 Å². The average Bonchev–Trinajstić information content (AvgIpc) is 3.28. The molecule has 4 aromatic rings. The van der Waals surface area contributed by atoms with Gasteiger partial charge in [0.05, 0.1) is 25.4 Å². The first-order valence-corrected chi connectivity index (χ1v) is 25.2. The fourth-order valence-electron chi connectivity index (χ4n) is 7.77. The van der Waals surface area contributed by atoms with Crippen LogP contribution in [0.2, 0.25) is 0 Å². The van der Waals surface area contributed by atoms with Crippen molar-refractivity contribution in [2.75, 3.05) is 19.8 Å². The second kappa shape index (κ2) is 29.7. The third kappa shape index (κ3) is 21.6. The minimum absolute atomic E-state index is 0.0347. The van der Waals surface area contributed by atoms with Gasteiger partial charge in [0.15, 0.2) is 11.5 Å². The van der Waals surface area contributed by atoms with Crippen molar-refractivity contribution in [2.24, 2.45) is 35.5 Å². The average molecular weight is 909 g/mol. The van der Waals surface area contributed by atoms with Crippen molar-refractivity contribution < 1.29 is 38.3 Å². The molecule has 1 N–H and O–H groups in total. The molecule has 66 heavy (non-hydrogen) atoms. The van der Waals surface area contributed by atoms with E-state index in [9.17, 15) is 9.90 Å². The minimum Gasteiger partial charge on any atom is -0.494 e. The standard InChI is InChI=1S/C58H84O8/c1-42(2)13-10-16-45(7)31-34-61-52-25-19-48(20-26-52)39-64-55-37-51(58(59)60)38-56(65-40-49-21-27-53(28-22-49)62-35-32-46(8)17-11-14-43(3)4)57(55)66-41-50-23-29-54(30-24-50)63-36-33-47(9)18-12-15-44(5)6/h19-30,37-38,42-47H,10-18,31-36,39-41H2,1-9H3,(H,59,60)/t45-,46-,47-/m1/s1. The summed E-state index contributed by atoms with van der Waals surface area (Å²) in [6.45, 7) is 23.2. The molecule has 0 fully saturated rings. The van der Waals surface area contributed by atoms with E-state index in [1.807, 2.05) is 72.8 Å². The van der Waals surface area contributed by atoms with Gasteiger partial charge in [0.25, 0.3) is 0 Å². The molecule has 0 saturated heterocycles. The lowest BCUT2D eigenvalue weighted by molar-refractivity contribution is 0.0695. The molecule has 0 aromatic heterocycles. The van der Waals surface area contributed by atoms with Crippen LogP contribution in [0.1, 0.15) is 166 Å². The van der Waals surface area contributed by atoms with Gasteiger partial charge in [0.1, 0.15) is 37.1 Å². The lowest BCUT2D eigenvalue weighted by Crippen LogP contribution is -2.07. The smallest absolute Gasteiger partial charge is 0.335 e. The predicted octanol–water partition coefficient (Wildman–Crippen LogP) is 15.8. The first-order valence-electron chi connectivity index (χ1n) is 25.2. The first kappa shape index (κ1) is 53.8. The maximum Gasteiger partial charge on any atom is 0.335 e. The number of benzene rings is 4.